The number of benzene rings is 2. The summed E-state index contributed by atoms with van der Waals surface area (Å²) in [6, 6.07) is 13.3. The van der Waals surface area contributed by atoms with Crippen LogP contribution in [0.25, 0.3) is 0 Å². The van der Waals surface area contributed by atoms with E-state index in [0.717, 1.165) is 12.1 Å². The van der Waals surface area contributed by atoms with Gasteiger partial charge in [0.05, 0.1) is 13.1 Å². The van der Waals surface area contributed by atoms with Crippen molar-refractivity contribution in [2.24, 2.45) is 4.99 Å². The van der Waals surface area contributed by atoms with Crippen molar-refractivity contribution in [3.63, 3.8) is 0 Å². The predicted octanol–water partition coefficient (Wildman–Crippen LogP) is 3.05. The lowest BCUT2D eigenvalue weighted by Gasteiger charge is -2.18. The van der Waals surface area contributed by atoms with Crippen LogP contribution in [0.1, 0.15) is 19.4 Å². The number of ether oxygens (including phenoxy) is 1. The van der Waals surface area contributed by atoms with Gasteiger partial charge in [0.1, 0.15) is 11.9 Å². The molecule has 2 aromatic rings. The molecule has 2 aromatic carbocycles. The number of hydrogen-bond acceptors (Lipinski definition) is 3. The van der Waals surface area contributed by atoms with Crippen molar-refractivity contribution in [2.75, 3.05) is 13.1 Å². The van der Waals surface area contributed by atoms with Crippen LogP contribution in [0.2, 0.25) is 0 Å². The molecule has 0 aliphatic carbocycles. The molecule has 134 valence electrons. The van der Waals surface area contributed by atoms with Crippen LogP contribution in [0.4, 0.5) is 4.39 Å². The summed E-state index contributed by atoms with van der Waals surface area (Å²) in [4.78, 5) is 4.49. The first kappa shape index (κ1) is 18.6. The van der Waals surface area contributed by atoms with Crippen LogP contribution >= 0.6 is 0 Å². The lowest BCUT2D eigenvalue weighted by atomic mass is 10.2. The standard InChI is InChI=1S/C19H24FN3O2/c1-3-21-19(23-13-15-8-10-16(24)11-9-15)22-12-14(2)25-18-7-5-4-6-17(18)20/h4-11,14,24H,3,12-13H2,1-2H3,(H2,21,22,23). The molecular weight excluding hydrogens is 321 g/mol. The van der Waals surface area contributed by atoms with Gasteiger partial charge >= 0.3 is 0 Å². The molecule has 25 heavy (non-hydrogen) atoms. The molecule has 0 radical (unpaired) electrons. The quantitative estimate of drug-likeness (QED) is 0.533. The fraction of sp³-hybridized carbons (Fsp3) is 0.316. The first-order valence-electron chi connectivity index (χ1n) is 8.29. The summed E-state index contributed by atoms with van der Waals surface area (Å²) in [7, 11) is 0. The number of phenolic OH excluding ortho intramolecular Hbond substituents is 1. The van der Waals surface area contributed by atoms with Crippen LogP contribution in [-0.2, 0) is 6.54 Å². The molecule has 0 aromatic heterocycles. The van der Waals surface area contributed by atoms with E-state index in [-0.39, 0.29) is 23.4 Å². The maximum Gasteiger partial charge on any atom is 0.191 e. The average Bonchev–Trinajstić information content (AvgIpc) is 2.61. The van der Waals surface area contributed by atoms with E-state index in [2.05, 4.69) is 15.6 Å². The number of para-hydroxylation sites is 1. The van der Waals surface area contributed by atoms with Gasteiger partial charge in [0.2, 0.25) is 0 Å². The highest BCUT2D eigenvalue weighted by Crippen LogP contribution is 2.16. The first-order chi connectivity index (χ1) is 12.1. The molecule has 3 N–H and O–H groups in total. The number of phenols is 1. The van der Waals surface area contributed by atoms with E-state index in [1.807, 2.05) is 26.0 Å². The second kappa shape index (κ2) is 9.52. The van der Waals surface area contributed by atoms with Gasteiger partial charge in [-0.1, -0.05) is 24.3 Å². The Balaban J connectivity index is 1.88. The molecule has 0 bridgehead atoms. The van der Waals surface area contributed by atoms with Gasteiger partial charge < -0.3 is 20.5 Å². The molecule has 1 unspecified atom stereocenters. The van der Waals surface area contributed by atoms with Gasteiger partial charge in [-0.3, -0.25) is 0 Å². The average molecular weight is 345 g/mol. The smallest absolute Gasteiger partial charge is 0.191 e. The number of halogens is 1. The monoisotopic (exact) mass is 345 g/mol. The van der Waals surface area contributed by atoms with E-state index < -0.39 is 0 Å². The normalized spacial score (nSPS) is 12.5. The van der Waals surface area contributed by atoms with Crippen molar-refractivity contribution in [3.05, 3.63) is 59.9 Å². The highest BCUT2D eigenvalue weighted by atomic mass is 19.1. The zero-order valence-corrected chi connectivity index (χ0v) is 14.5. The second-order valence-corrected chi connectivity index (χ2v) is 5.60. The summed E-state index contributed by atoms with van der Waals surface area (Å²) in [6.45, 7) is 5.54. The van der Waals surface area contributed by atoms with Crippen molar-refractivity contribution in [1.29, 1.82) is 0 Å². The number of nitrogens with one attached hydrogen (secondary N) is 2. The molecule has 5 nitrogen and oxygen atoms in total. The van der Waals surface area contributed by atoms with Crippen LogP contribution < -0.4 is 15.4 Å². The number of aliphatic imine (C=N–C) groups is 1. The van der Waals surface area contributed by atoms with Crippen molar-refractivity contribution in [2.45, 2.75) is 26.5 Å². The summed E-state index contributed by atoms with van der Waals surface area (Å²) in [5, 5.41) is 15.6. The second-order valence-electron chi connectivity index (χ2n) is 5.60. The summed E-state index contributed by atoms with van der Waals surface area (Å²) in [5.41, 5.74) is 0.991. The predicted molar refractivity (Wildman–Crippen MR) is 97.4 cm³/mol. The number of aromatic hydroxyl groups is 1. The Kier molecular flexibility index (Phi) is 7.07. The lowest BCUT2D eigenvalue weighted by Crippen LogP contribution is -2.41. The zero-order chi connectivity index (χ0) is 18.1. The van der Waals surface area contributed by atoms with Gasteiger partial charge in [-0.05, 0) is 43.7 Å². The van der Waals surface area contributed by atoms with E-state index in [1.165, 1.54) is 6.07 Å². The Hall–Kier alpha value is -2.76. The van der Waals surface area contributed by atoms with Gasteiger partial charge in [-0.2, -0.15) is 0 Å². The van der Waals surface area contributed by atoms with Gasteiger partial charge in [0, 0.05) is 6.54 Å². The van der Waals surface area contributed by atoms with Crippen LogP contribution in [-0.4, -0.2) is 30.3 Å². The Morgan fingerprint density at radius 3 is 2.56 bits per heavy atom. The van der Waals surface area contributed by atoms with Gasteiger partial charge in [-0.15, -0.1) is 0 Å². The Morgan fingerprint density at radius 1 is 1.16 bits per heavy atom. The highest BCUT2D eigenvalue weighted by molar-refractivity contribution is 5.79. The summed E-state index contributed by atoms with van der Waals surface area (Å²) >= 11 is 0. The Labute approximate surface area is 147 Å². The third-order valence-corrected chi connectivity index (χ3v) is 3.42. The van der Waals surface area contributed by atoms with E-state index in [9.17, 15) is 9.50 Å². The minimum Gasteiger partial charge on any atom is -0.508 e. The molecule has 0 fully saturated rings. The molecule has 0 heterocycles. The molecule has 0 aliphatic heterocycles. The number of rotatable bonds is 7. The van der Waals surface area contributed by atoms with E-state index in [1.54, 1.807) is 30.3 Å². The summed E-state index contributed by atoms with van der Waals surface area (Å²) < 4.78 is 19.2. The number of guanidine groups is 1. The van der Waals surface area contributed by atoms with Gasteiger partial charge in [-0.25, -0.2) is 9.38 Å². The van der Waals surface area contributed by atoms with Crippen molar-refractivity contribution < 1.29 is 14.2 Å². The van der Waals surface area contributed by atoms with E-state index in [4.69, 9.17) is 4.74 Å². The molecule has 0 amide bonds. The molecule has 6 heteroatoms. The summed E-state index contributed by atoms with van der Waals surface area (Å²) in [6.07, 6.45) is -0.227. The Bertz CT molecular complexity index is 689. The SMILES string of the molecule is CCNC(=NCc1ccc(O)cc1)NCC(C)Oc1ccccc1F. The van der Waals surface area contributed by atoms with Crippen LogP contribution in [0.5, 0.6) is 11.5 Å². The fourth-order valence-electron chi connectivity index (χ4n) is 2.15. The van der Waals surface area contributed by atoms with E-state index >= 15 is 0 Å². The molecular formula is C19H24FN3O2. The minimum absolute atomic E-state index is 0.227. The topological polar surface area (TPSA) is 65.9 Å². The van der Waals surface area contributed by atoms with Crippen LogP contribution in [0.15, 0.2) is 53.5 Å². The first-order valence-corrected chi connectivity index (χ1v) is 8.29. The zero-order valence-electron chi connectivity index (χ0n) is 14.5. The molecule has 2 rings (SSSR count). The van der Waals surface area contributed by atoms with Crippen molar-refractivity contribution in [1.82, 2.24) is 10.6 Å². The van der Waals surface area contributed by atoms with Crippen LogP contribution in [0, 0.1) is 5.82 Å². The third kappa shape index (κ3) is 6.33. The maximum absolute atomic E-state index is 13.6. The van der Waals surface area contributed by atoms with Crippen molar-refractivity contribution in [3.8, 4) is 11.5 Å². The Morgan fingerprint density at radius 2 is 1.88 bits per heavy atom. The highest BCUT2D eigenvalue weighted by Gasteiger charge is 2.08. The maximum atomic E-state index is 13.6. The van der Waals surface area contributed by atoms with Crippen LogP contribution in [0.3, 0.4) is 0 Å². The largest absolute Gasteiger partial charge is 0.508 e. The fourth-order valence-corrected chi connectivity index (χ4v) is 2.15. The number of hydrogen-bond donors (Lipinski definition) is 3. The summed E-state index contributed by atoms with van der Waals surface area (Å²) in [5.74, 6) is 0.751. The number of nitrogens with zero attached hydrogens (tertiary/aromatic N) is 1. The van der Waals surface area contributed by atoms with E-state index in [0.29, 0.717) is 19.0 Å². The molecule has 0 aliphatic rings. The minimum atomic E-state index is -0.373. The molecule has 0 saturated carbocycles. The third-order valence-electron chi connectivity index (χ3n) is 3.42. The molecule has 0 saturated heterocycles. The molecule has 0 spiro atoms. The molecule has 1 atom stereocenters. The van der Waals surface area contributed by atoms with Gasteiger partial charge in [0.15, 0.2) is 17.5 Å². The van der Waals surface area contributed by atoms with Crippen molar-refractivity contribution >= 4 is 5.96 Å². The van der Waals surface area contributed by atoms with Gasteiger partial charge in [0.25, 0.3) is 0 Å². The lowest BCUT2D eigenvalue weighted by molar-refractivity contribution is 0.214.